The Morgan fingerprint density at radius 2 is 1.50 bits per heavy atom. The zero-order valence-electron chi connectivity index (χ0n) is 11.9. The van der Waals surface area contributed by atoms with Gasteiger partial charge in [-0.1, -0.05) is 42.5 Å². The van der Waals surface area contributed by atoms with Crippen molar-refractivity contribution >= 4 is 5.91 Å². The van der Waals surface area contributed by atoms with E-state index in [1.54, 1.807) is 14.0 Å². The highest BCUT2D eigenvalue weighted by atomic mass is 16.5. The number of hydrogen-bond acceptors (Lipinski definition) is 2. The van der Waals surface area contributed by atoms with Gasteiger partial charge in [-0.15, -0.1) is 0 Å². The van der Waals surface area contributed by atoms with Gasteiger partial charge in [0.15, 0.2) is 0 Å². The molecule has 2 aromatic carbocycles. The van der Waals surface area contributed by atoms with Crippen molar-refractivity contribution in [2.24, 2.45) is 0 Å². The lowest BCUT2D eigenvalue weighted by Gasteiger charge is -2.21. The largest absolute Gasteiger partial charge is 0.497 e. The monoisotopic (exact) mass is 269 g/mol. The molecule has 2 aromatic rings. The first-order valence-electron chi connectivity index (χ1n) is 6.61. The molecule has 0 aliphatic rings. The molecule has 0 fully saturated rings. The van der Waals surface area contributed by atoms with Crippen molar-refractivity contribution in [2.45, 2.75) is 20.0 Å². The van der Waals surface area contributed by atoms with Gasteiger partial charge < -0.3 is 9.64 Å². The molecule has 3 nitrogen and oxygen atoms in total. The fourth-order valence-electron chi connectivity index (χ4n) is 2.03. The van der Waals surface area contributed by atoms with Crippen LogP contribution in [-0.4, -0.2) is 17.9 Å². The molecule has 0 aromatic heterocycles. The Kier molecular flexibility index (Phi) is 4.77. The zero-order chi connectivity index (χ0) is 14.4. The summed E-state index contributed by atoms with van der Waals surface area (Å²) < 4.78 is 5.14. The summed E-state index contributed by atoms with van der Waals surface area (Å²) in [5, 5.41) is 0. The van der Waals surface area contributed by atoms with Crippen molar-refractivity contribution < 1.29 is 9.53 Å². The topological polar surface area (TPSA) is 29.5 Å². The molecular weight excluding hydrogens is 250 g/mol. The third-order valence-electron chi connectivity index (χ3n) is 3.19. The minimum atomic E-state index is 0.0738. The Morgan fingerprint density at radius 1 is 0.950 bits per heavy atom. The van der Waals surface area contributed by atoms with E-state index in [1.807, 2.05) is 59.5 Å². The van der Waals surface area contributed by atoms with E-state index in [9.17, 15) is 4.79 Å². The molecule has 0 saturated carbocycles. The number of amides is 1. The quantitative estimate of drug-likeness (QED) is 0.834. The highest BCUT2D eigenvalue weighted by Crippen LogP contribution is 2.14. The molecule has 0 spiro atoms. The zero-order valence-corrected chi connectivity index (χ0v) is 11.9. The van der Waals surface area contributed by atoms with Crippen molar-refractivity contribution in [2.75, 3.05) is 7.11 Å². The minimum absolute atomic E-state index is 0.0738. The molecule has 1 amide bonds. The Hall–Kier alpha value is -2.29. The van der Waals surface area contributed by atoms with Crippen LogP contribution in [-0.2, 0) is 17.9 Å². The van der Waals surface area contributed by atoms with Gasteiger partial charge in [0, 0.05) is 20.0 Å². The maximum atomic E-state index is 11.8. The average molecular weight is 269 g/mol. The summed E-state index contributed by atoms with van der Waals surface area (Å²) in [5.41, 5.74) is 2.23. The summed E-state index contributed by atoms with van der Waals surface area (Å²) in [6.07, 6.45) is 0. The van der Waals surface area contributed by atoms with Crippen LogP contribution in [0.2, 0.25) is 0 Å². The average Bonchev–Trinajstić information content (AvgIpc) is 2.48. The second kappa shape index (κ2) is 6.75. The van der Waals surface area contributed by atoms with Crippen molar-refractivity contribution in [1.29, 1.82) is 0 Å². The van der Waals surface area contributed by atoms with E-state index in [2.05, 4.69) is 0 Å². The van der Waals surface area contributed by atoms with Crippen molar-refractivity contribution in [1.82, 2.24) is 4.90 Å². The number of carbonyl (C=O) groups is 1. The molecule has 0 saturated heterocycles. The Labute approximate surface area is 119 Å². The summed E-state index contributed by atoms with van der Waals surface area (Å²) in [7, 11) is 1.65. The summed E-state index contributed by atoms with van der Waals surface area (Å²) in [6, 6.07) is 17.8. The molecule has 0 atom stereocenters. The van der Waals surface area contributed by atoms with Crippen molar-refractivity contribution in [3.05, 3.63) is 65.7 Å². The van der Waals surface area contributed by atoms with E-state index in [4.69, 9.17) is 4.74 Å². The van der Waals surface area contributed by atoms with Crippen molar-refractivity contribution in [3.63, 3.8) is 0 Å². The normalized spacial score (nSPS) is 10.1. The molecule has 0 N–H and O–H groups in total. The smallest absolute Gasteiger partial charge is 0.220 e. The maximum absolute atomic E-state index is 11.8. The van der Waals surface area contributed by atoms with Crippen LogP contribution < -0.4 is 4.74 Å². The number of hydrogen-bond donors (Lipinski definition) is 0. The second-order valence-corrected chi connectivity index (χ2v) is 4.71. The van der Waals surface area contributed by atoms with Crippen LogP contribution in [0.4, 0.5) is 0 Å². The lowest BCUT2D eigenvalue weighted by molar-refractivity contribution is -0.130. The predicted molar refractivity (Wildman–Crippen MR) is 79.4 cm³/mol. The molecule has 0 bridgehead atoms. The van der Waals surface area contributed by atoms with Crippen LogP contribution >= 0.6 is 0 Å². The lowest BCUT2D eigenvalue weighted by atomic mass is 10.1. The summed E-state index contributed by atoms with van der Waals surface area (Å²) in [4.78, 5) is 13.6. The van der Waals surface area contributed by atoms with Gasteiger partial charge in [0.2, 0.25) is 5.91 Å². The third-order valence-corrected chi connectivity index (χ3v) is 3.19. The molecule has 0 heterocycles. The minimum Gasteiger partial charge on any atom is -0.497 e. The van der Waals surface area contributed by atoms with Crippen LogP contribution in [0.1, 0.15) is 18.1 Å². The Morgan fingerprint density at radius 3 is 2.00 bits per heavy atom. The maximum Gasteiger partial charge on any atom is 0.220 e. The van der Waals surface area contributed by atoms with Crippen molar-refractivity contribution in [3.8, 4) is 5.75 Å². The third kappa shape index (κ3) is 3.85. The molecule has 104 valence electrons. The van der Waals surface area contributed by atoms with Gasteiger partial charge in [0.05, 0.1) is 7.11 Å². The van der Waals surface area contributed by atoms with Gasteiger partial charge in [-0.25, -0.2) is 0 Å². The van der Waals surface area contributed by atoms with E-state index in [1.165, 1.54) is 0 Å². The van der Waals surface area contributed by atoms with Gasteiger partial charge in [0.1, 0.15) is 5.75 Å². The predicted octanol–water partition coefficient (Wildman–Crippen LogP) is 3.24. The number of ether oxygens (including phenoxy) is 1. The molecule has 20 heavy (non-hydrogen) atoms. The van der Waals surface area contributed by atoms with E-state index >= 15 is 0 Å². The molecule has 0 aliphatic carbocycles. The van der Waals surface area contributed by atoms with E-state index in [-0.39, 0.29) is 5.91 Å². The molecule has 0 aliphatic heterocycles. The van der Waals surface area contributed by atoms with Gasteiger partial charge in [-0.2, -0.15) is 0 Å². The Balaban J connectivity index is 2.07. The van der Waals surface area contributed by atoms with Gasteiger partial charge in [-0.3, -0.25) is 4.79 Å². The summed E-state index contributed by atoms with van der Waals surface area (Å²) >= 11 is 0. The highest BCUT2D eigenvalue weighted by Gasteiger charge is 2.10. The lowest BCUT2D eigenvalue weighted by Crippen LogP contribution is -2.27. The first-order chi connectivity index (χ1) is 9.69. The molecular formula is C17H19NO2. The molecule has 3 heteroatoms. The standard InChI is InChI=1S/C17H19NO2/c1-14(19)18(12-15-6-4-3-5-7-15)13-16-8-10-17(20-2)11-9-16/h3-11H,12-13H2,1-2H3. The number of benzene rings is 2. The van der Waals surface area contributed by atoms with Crippen LogP contribution in [0.25, 0.3) is 0 Å². The van der Waals surface area contributed by atoms with E-state index < -0.39 is 0 Å². The fourth-order valence-corrected chi connectivity index (χ4v) is 2.03. The first-order valence-corrected chi connectivity index (χ1v) is 6.61. The summed E-state index contributed by atoms with van der Waals surface area (Å²) in [5.74, 6) is 0.899. The molecule has 0 radical (unpaired) electrons. The fraction of sp³-hybridized carbons (Fsp3) is 0.235. The van der Waals surface area contributed by atoms with Gasteiger partial charge in [-0.05, 0) is 23.3 Å². The number of methoxy groups -OCH3 is 1. The number of nitrogens with zero attached hydrogens (tertiary/aromatic N) is 1. The molecule has 2 rings (SSSR count). The van der Waals surface area contributed by atoms with Gasteiger partial charge >= 0.3 is 0 Å². The van der Waals surface area contributed by atoms with E-state index in [0.29, 0.717) is 13.1 Å². The van der Waals surface area contributed by atoms with E-state index in [0.717, 1.165) is 16.9 Å². The Bertz CT molecular complexity index is 549. The number of rotatable bonds is 5. The molecule has 0 unspecified atom stereocenters. The first kappa shape index (κ1) is 14.1. The van der Waals surface area contributed by atoms with Crippen LogP contribution in [0.15, 0.2) is 54.6 Å². The highest BCUT2D eigenvalue weighted by molar-refractivity contribution is 5.73. The van der Waals surface area contributed by atoms with Gasteiger partial charge in [0.25, 0.3) is 0 Å². The number of carbonyl (C=O) groups excluding carboxylic acids is 1. The van der Waals surface area contributed by atoms with Crippen LogP contribution in [0.3, 0.4) is 0 Å². The van der Waals surface area contributed by atoms with Crippen LogP contribution in [0, 0.1) is 0 Å². The summed E-state index contributed by atoms with van der Waals surface area (Å²) in [6.45, 7) is 2.84. The SMILES string of the molecule is COc1ccc(CN(Cc2ccccc2)C(C)=O)cc1. The van der Waals surface area contributed by atoms with Crippen LogP contribution in [0.5, 0.6) is 5.75 Å². The second-order valence-electron chi connectivity index (χ2n) is 4.71.